The molecule has 2 heterocycles. The van der Waals surface area contributed by atoms with E-state index in [0.717, 1.165) is 27.1 Å². The van der Waals surface area contributed by atoms with Gasteiger partial charge in [0, 0.05) is 17.0 Å². The fourth-order valence-corrected chi connectivity index (χ4v) is 3.47. The molecule has 3 rings (SSSR count). The van der Waals surface area contributed by atoms with Gasteiger partial charge in [-0.2, -0.15) is 0 Å². The molecule has 0 saturated carbocycles. The van der Waals surface area contributed by atoms with Gasteiger partial charge < -0.3 is 14.8 Å². The third-order valence-corrected chi connectivity index (χ3v) is 5.05. The molecule has 25 heavy (non-hydrogen) atoms. The van der Waals surface area contributed by atoms with Crippen LogP contribution in [0.4, 0.5) is 0 Å². The molecule has 1 amide bonds. The second-order valence-corrected chi connectivity index (χ2v) is 6.72. The van der Waals surface area contributed by atoms with Gasteiger partial charge in [-0.05, 0) is 25.5 Å². The fraction of sp³-hybridized carbons (Fsp3) is 0.278. The van der Waals surface area contributed by atoms with E-state index in [-0.39, 0.29) is 12.5 Å². The molecule has 0 atom stereocenters. The van der Waals surface area contributed by atoms with Crippen molar-refractivity contribution in [2.75, 3.05) is 13.7 Å². The molecule has 0 spiro atoms. The van der Waals surface area contributed by atoms with Crippen LogP contribution in [0.5, 0.6) is 11.6 Å². The van der Waals surface area contributed by atoms with Crippen molar-refractivity contribution < 1.29 is 14.3 Å². The Morgan fingerprint density at radius 1 is 1.24 bits per heavy atom. The summed E-state index contributed by atoms with van der Waals surface area (Å²) in [7, 11) is 1.61. The predicted molar refractivity (Wildman–Crippen MR) is 97.2 cm³/mol. The Hall–Kier alpha value is -2.67. The van der Waals surface area contributed by atoms with Crippen LogP contribution < -0.4 is 14.8 Å². The van der Waals surface area contributed by atoms with Gasteiger partial charge in [0.15, 0.2) is 6.61 Å². The summed E-state index contributed by atoms with van der Waals surface area (Å²) in [5.41, 5.74) is 2.00. The Bertz CT molecular complexity index is 908. The first-order valence-corrected chi connectivity index (χ1v) is 8.64. The Balaban J connectivity index is 1.63. The zero-order chi connectivity index (χ0) is 17.8. The number of nitrogens with one attached hydrogen (secondary N) is 1. The molecule has 6 nitrogen and oxygen atoms in total. The number of benzene rings is 1. The molecule has 0 fully saturated rings. The summed E-state index contributed by atoms with van der Waals surface area (Å²) in [6.07, 6.45) is 1.46. The van der Waals surface area contributed by atoms with Gasteiger partial charge in [-0.25, -0.2) is 9.97 Å². The van der Waals surface area contributed by atoms with E-state index >= 15 is 0 Å². The van der Waals surface area contributed by atoms with Crippen molar-refractivity contribution in [3.8, 4) is 11.6 Å². The summed E-state index contributed by atoms with van der Waals surface area (Å²) in [6.45, 7) is 4.31. The monoisotopic (exact) mass is 357 g/mol. The molecule has 0 saturated heterocycles. The lowest BCUT2D eigenvalue weighted by Crippen LogP contribution is -2.28. The van der Waals surface area contributed by atoms with E-state index < -0.39 is 0 Å². The summed E-state index contributed by atoms with van der Waals surface area (Å²) >= 11 is 1.59. The largest absolute Gasteiger partial charge is 0.496 e. The molecular formula is C18H19N3O3S. The maximum absolute atomic E-state index is 12.1. The van der Waals surface area contributed by atoms with Crippen LogP contribution in [0.1, 0.15) is 16.0 Å². The molecule has 0 bridgehead atoms. The molecular weight excluding hydrogens is 338 g/mol. The SMILES string of the molecule is COc1ccccc1CNC(=O)COc1ncnc2sc(C)c(C)c12. The zero-order valence-electron chi connectivity index (χ0n) is 14.3. The van der Waals surface area contributed by atoms with Crippen molar-refractivity contribution in [1.82, 2.24) is 15.3 Å². The number of aromatic nitrogens is 2. The third-order valence-electron chi connectivity index (χ3n) is 3.94. The average molecular weight is 357 g/mol. The lowest BCUT2D eigenvalue weighted by molar-refractivity contribution is -0.123. The summed E-state index contributed by atoms with van der Waals surface area (Å²) in [6, 6.07) is 7.56. The highest BCUT2D eigenvalue weighted by molar-refractivity contribution is 7.18. The zero-order valence-corrected chi connectivity index (χ0v) is 15.1. The minimum Gasteiger partial charge on any atom is -0.496 e. The van der Waals surface area contributed by atoms with Crippen molar-refractivity contribution in [2.45, 2.75) is 20.4 Å². The number of fused-ring (bicyclic) bond motifs is 1. The normalized spacial score (nSPS) is 10.7. The highest BCUT2D eigenvalue weighted by Crippen LogP contribution is 2.33. The van der Waals surface area contributed by atoms with Crippen LogP contribution in [0.25, 0.3) is 10.2 Å². The Morgan fingerprint density at radius 2 is 2.04 bits per heavy atom. The van der Waals surface area contributed by atoms with E-state index in [2.05, 4.69) is 15.3 Å². The second kappa shape index (κ2) is 7.48. The van der Waals surface area contributed by atoms with Gasteiger partial charge in [-0.3, -0.25) is 4.79 Å². The number of hydrogen-bond donors (Lipinski definition) is 1. The number of amides is 1. The molecule has 0 radical (unpaired) electrons. The van der Waals surface area contributed by atoms with E-state index in [1.54, 1.807) is 18.4 Å². The minimum atomic E-state index is -0.220. The Kier molecular flexibility index (Phi) is 5.14. The van der Waals surface area contributed by atoms with Gasteiger partial charge in [-0.1, -0.05) is 18.2 Å². The van der Waals surface area contributed by atoms with Crippen LogP contribution in [-0.2, 0) is 11.3 Å². The van der Waals surface area contributed by atoms with Gasteiger partial charge in [0.25, 0.3) is 5.91 Å². The number of rotatable bonds is 6. The number of aryl methyl sites for hydroxylation is 2. The number of hydrogen-bond acceptors (Lipinski definition) is 6. The second-order valence-electron chi connectivity index (χ2n) is 5.52. The van der Waals surface area contributed by atoms with Gasteiger partial charge in [0.05, 0.1) is 12.5 Å². The summed E-state index contributed by atoms with van der Waals surface area (Å²) in [4.78, 5) is 22.6. The van der Waals surface area contributed by atoms with Crippen LogP contribution in [0.2, 0.25) is 0 Å². The molecule has 0 aliphatic heterocycles. The van der Waals surface area contributed by atoms with Gasteiger partial charge in [-0.15, -0.1) is 11.3 Å². The van der Waals surface area contributed by atoms with Crippen molar-refractivity contribution in [3.63, 3.8) is 0 Å². The van der Waals surface area contributed by atoms with Crippen molar-refractivity contribution in [3.05, 3.63) is 46.6 Å². The van der Waals surface area contributed by atoms with Crippen molar-refractivity contribution in [1.29, 1.82) is 0 Å². The first-order valence-electron chi connectivity index (χ1n) is 7.82. The first kappa shape index (κ1) is 17.2. The first-order chi connectivity index (χ1) is 12.1. The van der Waals surface area contributed by atoms with Gasteiger partial charge >= 0.3 is 0 Å². The minimum absolute atomic E-state index is 0.102. The number of ether oxygens (including phenoxy) is 2. The standard InChI is InChI=1S/C18H19N3O3S/c1-11-12(2)25-18-16(11)17(20-10-21-18)24-9-15(22)19-8-13-6-4-5-7-14(13)23-3/h4-7,10H,8-9H2,1-3H3,(H,19,22). The molecule has 130 valence electrons. The molecule has 0 aliphatic rings. The highest BCUT2D eigenvalue weighted by atomic mass is 32.1. The van der Waals surface area contributed by atoms with Crippen molar-refractivity contribution >= 4 is 27.5 Å². The number of thiophene rings is 1. The molecule has 0 aliphatic carbocycles. The van der Waals surface area contributed by atoms with Crippen LogP contribution in [0.15, 0.2) is 30.6 Å². The van der Waals surface area contributed by atoms with E-state index in [0.29, 0.717) is 12.4 Å². The smallest absolute Gasteiger partial charge is 0.258 e. The summed E-state index contributed by atoms with van der Waals surface area (Å²) in [5.74, 6) is 0.965. The van der Waals surface area contributed by atoms with Crippen LogP contribution in [-0.4, -0.2) is 29.6 Å². The number of carbonyl (C=O) groups is 1. The van der Waals surface area contributed by atoms with Crippen LogP contribution >= 0.6 is 11.3 Å². The summed E-state index contributed by atoms with van der Waals surface area (Å²) < 4.78 is 10.9. The number of carbonyl (C=O) groups excluding carboxylic acids is 1. The van der Waals surface area contributed by atoms with Crippen LogP contribution in [0, 0.1) is 13.8 Å². The predicted octanol–water partition coefficient (Wildman–Crippen LogP) is 3.01. The number of nitrogens with zero attached hydrogens (tertiary/aromatic N) is 2. The van der Waals surface area contributed by atoms with E-state index in [1.807, 2.05) is 38.1 Å². The van der Waals surface area contributed by atoms with Gasteiger partial charge in [0.1, 0.15) is 16.9 Å². The maximum Gasteiger partial charge on any atom is 0.258 e. The molecule has 1 N–H and O–H groups in total. The lowest BCUT2D eigenvalue weighted by Gasteiger charge is -2.10. The molecule has 0 unspecified atom stereocenters. The Morgan fingerprint density at radius 3 is 2.84 bits per heavy atom. The van der Waals surface area contributed by atoms with E-state index in [4.69, 9.17) is 9.47 Å². The Labute approximate surface area is 149 Å². The van der Waals surface area contributed by atoms with E-state index in [9.17, 15) is 4.79 Å². The van der Waals surface area contributed by atoms with E-state index in [1.165, 1.54) is 11.2 Å². The number of methoxy groups -OCH3 is 1. The highest BCUT2D eigenvalue weighted by Gasteiger charge is 2.14. The molecule has 7 heteroatoms. The molecule has 2 aromatic heterocycles. The van der Waals surface area contributed by atoms with Gasteiger partial charge in [0.2, 0.25) is 5.88 Å². The topological polar surface area (TPSA) is 73.3 Å². The summed E-state index contributed by atoms with van der Waals surface area (Å²) in [5, 5.41) is 3.70. The third kappa shape index (κ3) is 3.71. The quantitative estimate of drug-likeness (QED) is 0.734. The molecule has 1 aromatic carbocycles. The number of para-hydroxylation sites is 1. The average Bonchev–Trinajstić information content (AvgIpc) is 2.93. The van der Waals surface area contributed by atoms with Crippen molar-refractivity contribution in [2.24, 2.45) is 0 Å². The lowest BCUT2D eigenvalue weighted by atomic mass is 10.2. The fourth-order valence-electron chi connectivity index (χ4n) is 2.49. The molecule has 3 aromatic rings. The van der Waals surface area contributed by atoms with Crippen LogP contribution in [0.3, 0.4) is 0 Å². The maximum atomic E-state index is 12.1.